The van der Waals surface area contributed by atoms with Gasteiger partial charge >= 0.3 is 0 Å². The summed E-state index contributed by atoms with van der Waals surface area (Å²) >= 11 is 0. The first kappa shape index (κ1) is 13.1. The molecule has 2 nitrogen and oxygen atoms in total. The van der Waals surface area contributed by atoms with Crippen LogP contribution in [-0.4, -0.2) is 24.9 Å². The molecule has 0 radical (unpaired) electrons. The van der Waals surface area contributed by atoms with Gasteiger partial charge in [0.1, 0.15) is 0 Å². The van der Waals surface area contributed by atoms with Crippen LogP contribution in [0.15, 0.2) is 0 Å². The standard InChI is InChI=1S/C5H12.C4H9NO/c1-4-5(2)3;1-4(6)5(2)3/h5H,4H2,1-3H3;1-3H3. The van der Waals surface area contributed by atoms with E-state index < -0.39 is 0 Å². The fourth-order valence-corrected chi connectivity index (χ4v) is 0. The van der Waals surface area contributed by atoms with E-state index >= 15 is 0 Å². The highest BCUT2D eigenvalue weighted by Crippen LogP contribution is 1.93. The van der Waals surface area contributed by atoms with Crippen LogP contribution < -0.4 is 0 Å². The number of amides is 1. The molecule has 0 aliphatic rings. The maximum Gasteiger partial charge on any atom is 0.218 e. The Hall–Kier alpha value is -0.530. The summed E-state index contributed by atoms with van der Waals surface area (Å²) in [5, 5.41) is 0. The predicted molar refractivity (Wildman–Crippen MR) is 49.5 cm³/mol. The zero-order chi connectivity index (χ0) is 9.44. The Kier molecular flexibility index (Phi) is 9.01. The molecule has 2 heteroatoms. The Balaban J connectivity index is 0. The van der Waals surface area contributed by atoms with Gasteiger partial charge in [0.15, 0.2) is 0 Å². The van der Waals surface area contributed by atoms with Crippen molar-refractivity contribution in [3.05, 3.63) is 0 Å². The molecule has 0 atom stereocenters. The van der Waals surface area contributed by atoms with E-state index in [9.17, 15) is 4.79 Å². The Labute approximate surface area is 70.6 Å². The van der Waals surface area contributed by atoms with Crippen molar-refractivity contribution in [1.29, 1.82) is 0 Å². The molecule has 1 amide bonds. The second-order valence-corrected chi connectivity index (χ2v) is 3.22. The summed E-state index contributed by atoms with van der Waals surface area (Å²) in [6.45, 7) is 8.17. The fourth-order valence-electron chi connectivity index (χ4n) is 0. The second-order valence-electron chi connectivity index (χ2n) is 3.22. The van der Waals surface area contributed by atoms with Gasteiger partial charge in [-0.1, -0.05) is 27.2 Å². The minimum Gasteiger partial charge on any atom is -0.349 e. The number of rotatable bonds is 1. The van der Waals surface area contributed by atoms with Crippen LogP contribution in [0.5, 0.6) is 0 Å². The van der Waals surface area contributed by atoms with Crippen LogP contribution in [0.3, 0.4) is 0 Å². The van der Waals surface area contributed by atoms with Crippen LogP contribution in [0.25, 0.3) is 0 Å². The summed E-state index contributed by atoms with van der Waals surface area (Å²) in [6.07, 6.45) is 1.31. The van der Waals surface area contributed by atoms with Gasteiger partial charge in [0.25, 0.3) is 0 Å². The van der Waals surface area contributed by atoms with Crippen LogP contribution in [-0.2, 0) is 4.79 Å². The molecule has 0 N–H and O–H groups in total. The first-order valence-corrected chi connectivity index (χ1v) is 4.09. The zero-order valence-corrected chi connectivity index (χ0v) is 8.64. The van der Waals surface area contributed by atoms with Gasteiger partial charge in [0, 0.05) is 21.0 Å². The molecule has 0 heterocycles. The molecule has 0 fully saturated rings. The van der Waals surface area contributed by atoms with Gasteiger partial charge in [-0.3, -0.25) is 4.79 Å². The molecule has 68 valence electrons. The first-order valence-electron chi connectivity index (χ1n) is 4.09. The average molecular weight is 159 g/mol. The molecule has 0 saturated carbocycles. The predicted octanol–water partition coefficient (Wildman–Crippen LogP) is 2.15. The van der Waals surface area contributed by atoms with Gasteiger partial charge in [0.2, 0.25) is 5.91 Å². The van der Waals surface area contributed by atoms with Crippen LogP contribution in [0.1, 0.15) is 34.1 Å². The van der Waals surface area contributed by atoms with E-state index in [0.717, 1.165) is 5.92 Å². The molecule has 11 heavy (non-hydrogen) atoms. The molecule has 0 aromatic carbocycles. The smallest absolute Gasteiger partial charge is 0.218 e. The third kappa shape index (κ3) is 17.7. The lowest BCUT2D eigenvalue weighted by Crippen LogP contribution is -2.17. The topological polar surface area (TPSA) is 20.3 Å². The van der Waals surface area contributed by atoms with Crippen molar-refractivity contribution in [3.63, 3.8) is 0 Å². The summed E-state index contributed by atoms with van der Waals surface area (Å²) in [6, 6.07) is 0. The van der Waals surface area contributed by atoms with Gasteiger partial charge in [0.05, 0.1) is 0 Å². The van der Waals surface area contributed by atoms with Crippen molar-refractivity contribution in [1.82, 2.24) is 4.90 Å². The van der Waals surface area contributed by atoms with Gasteiger partial charge in [-0.15, -0.1) is 0 Å². The summed E-state index contributed by atoms with van der Waals surface area (Å²) in [5.74, 6) is 0.977. The first-order chi connectivity index (χ1) is 4.91. The lowest BCUT2D eigenvalue weighted by Gasteiger charge is -2.02. The zero-order valence-electron chi connectivity index (χ0n) is 8.64. The quantitative estimate of drug-likeness (QED) is 0.574. The van der Waals surface area contributed by atoms with Gasteiger partial charge in [-0.25, -0.2) is 0 Å². The highest BCUT2D eigenvalue weighted by molar-refractivity contribution is 5.72. The number of nitrogens with zero attached hydrogens (tertiary/aromatic N) is 1. The maximum absolute atomic E-state index is 10.1. The largest absolute Gasteiger partial charge is 0.349 e. The number of hydrogen-bond acceptors (Lipinski definition) is 1. The normalized spacial score (nSPS) is 8.64. The fraction of sp³-hybridized carbons (Fsp3) is 0.889. The SMILES string of the molecule is CC(=O)N(C)C.CCC(C)C. The second kappa shape index (κ2) is 7.58. The van der Waals surface area contributed by atoms with Crippen molar-refractivity contribution < 1.29 is 4.79 Å². The minimum atomic E-state index is 0.0926. The summed E-state index contributed by atoms with van der Waals surface area (Å²) < 4.78 is 0. The van der Waals surface area contributed by atoms with Gasteiger partial charge in [-0.2, -0.15) is 0 Å². The van der Waals surface area contributed by atoms with Crippen molar-refractivity contribution >= 4 is 5.91 Å². The highest BCUT2D eigenvalue weighted by Gasteiger charge is 1.87. The molecule has 0 aliphatic heterocycles. The van der Waals surface area contributed by atoms with Crippen molar-refractivity contribution in [2.24, 2.45) is 5.92 Å². The van der Waals surface area contributed by atoms with Crippen LogP contribution >= 0.6 is 0 Å². The molecule has 0 unspecified atom stereocenters. The lowest BCUT2D eigenvalue weighted by molar-refractivity contribution is -0.126. The van der Waals surface area contributed by atoms with E-state index in [1.54, 1.807) is 14.1 Å². The Bertz CT molecular complexity index is 97.7. The van der Waals surface area contributed by atoms with E-state index in [4.69, 9.17) is 0 Å². The molecule has 0 rings (SSSR count). The van der Waals surface area contributed by atoms with Gasteiger partial charge in [-0.05, 0) is 5.92 Å². The monoisotopic (exact) mass is 159 g/mol. The van der Waals surface area contributed by atoms with E-state index in [1.807, 2.05) is 0 Å². The van der Waals surface area contributed by atoms with Crippen LogP contribution in [0.2, 0.25) is 0 Å². The molecule has 0 saturated heterocycles. The molecule has 0 aromatic rings. The molecule has 0 aromatic heterocycles. The third-order valence-electron chi connectivity index (χ3n) is 1.45. The number of carbonyl (C=O) groups excluding carboxylic acids is 1. The van der Waals surface area contributed by atoms with Crippen molar-refractivity contribution in [2.75, 3.05) is 14.1 Å². The van der Waals surface area contributed by atoms with E-state index in [-0.39, 0.29) is 5.91 Å². The lowest BCUT2D eigenvalue weighted by atomic mass is 10.2. The van der Waals surface area contributed by atoms with E-state index in [2.05, 4.69) is 20.8 Å². The van der Waals surface area contributed by atoms with Crippen LogP contribution in [0, 0.1) is 5.92 Å². The van der Waals surface area contributed by atoms with E-state index in [0.29, 0.717) is 0 Å². The van der Waals surface area contributed by atoms with Crippen LogP contribution in [0.4, 0.5) is 0 Å². The molecule has 0 spiro atoms. The molecule has 0 aliphatic carbocycles. The van der Waals surface area contributed by atoms with Crippen molar-refractivity contribution in [3.8, 4) is 0 Å². The number of hydrogen-bond donors (Lipinski definition) is 0. The Morgan fingerprint density at radius 3 is 1.55 bits per heavy atom. The maximum atomic E-state index is 10.1. The summed E-state index contributed by atoms with van der Waals surface area (Å²) in [4.78, 5) is 11.6. The van der Waals surface area contributed by atoms with Crippen molar-refractivity contribution in [2.45, 2.75) is 34.1 Å². The molecule has 0 bridgehead atoms. The summed E-state index contributed by atoms with van der Waals surface area (Å²) in [5.41, 5.74) is 0. The minimum absolute atomic E-state index is 0.0926. The third-order valence-corrected chi connectivity index (χ3v) is 1.45. The highest BCUT2D eigenvalue weighted by atomic mass is 16.2. The Morgan fingerprint density at radius 2 is 1.55 bits per heavy atom. The van der Waals surface area contributed by atoms with Gasteiger partial charge < -0.3 is 4.90 Å². The van der Waals surface area contributed by atoms with E-state index in [1.165, 1.54) is 18.2 Å². The average Bonchev–Trinajstić information content (AvgIpc) is 1.89. The Morgan fingerprint density at radius 1 is 1.36 bits per heavy atom. The molecular formula is C9H21NO. The number of carbonyl (C=O) groups is 1. The summed E-state index contributed by atoms with van der Waals surface area (Å²) in [7, 11) is 3.45. The molecular weight excluding hydrogens is 138 g/mol.